The molecule has 0 N–H and O–H groups in total. The average Bonchev–Trinajstić information content (AvgIpc) is 3.31. The van der Waals surface area contributed by atoms with Gasteiger partial charge >= 0.3 is 5.97 Å². The van der Waals surface area contributed by atoms with Gasteiger partial charge in [0.1, 0.15) is 5.01 Å². The van der Waals surface area contributed by atoms with Crippen molar-refractivity contribution in [1.82, 2.24) is 9.88 Å². The quantitative estimate of drug-likeness (QED) is 0.747. The van der Waals surface area contributed by atoms with Gasteiger partial charge in [0.2, 0.25) is 5.91 Å². The van der Waals surface area contributed by atoms with Gasteiger partial charge in [-0.15, -0.1) is 11.3 Å². The molecule has 5 nitrogen and oxygen atoms in total. The summed E-state index contributed by atoms with van der Waals surface area (Å²) in [5.41, 5.74) is 0.354. The molecule has 0 radical (unpaired) electrons. The summed E-state index contributed by atoms with van der Waals surface area (Å²) in [5.74, 6) is 0.0977. The van der Waals surface area contributed by atoms with Crippen LogP contribution < -0.4 is 0 Å². The molecule has 1 aromatic rings. The summed E-state index contributed by atoms with van der Waals surface area (Å²) in [6, 6.07) is 0.374. The molecular formula is C17H24N2O3S. The van der Waals surface area contributed by atoms with Crippen molar-refractivity contribution in [2.75, 3.05) is 6.61 Å². The molecule has 2 saturated carbocycles. The Hall–Kier alpha value is -1.43. The van der Waals surface area contributed by atoms with E-state index in [0.717, 1.165) is 30.7 Å². The van der Waals surface area contributed by atoms with Crippen LogP contribution in [0, 0.1) is 5.92 Å². The minimum absolute atomic E-state index is 0.189. The van der Waals surface area contributed by atoms with Crippen LogP contribution in [0.2, 0.25) is 0 Å². The van der Waals surface area contributed by atoms with Gasteiger partial charge in [0.25, 0.3) is 0 Å². The zero-order valence-electron chi connectivity index (χ0n) is 13.6. The fourth-order valence-corrected chi connectivity index (χ4v) is 3.95. The van der Waals surface area contributed by atoms with Gasteiger partial charge in [-0.1, -0.05) is 19.3 Å². The Bertz CT molecular complexity index is 562. The Labute approximate surface area is 141 Å². The lowest BCUT2D eigenvalue weighted by molar-refractivity contribution is -0.137. The molecule has 0 spiro atoms. The van der Waals surface area contributed by atoms with Gasteiger partial charge in [-0.2, -0.15) is 0 Å². The average molecular weight is 336 g/mol. The lowest BCUT2D eigenvalue weighted by Crippen LogP contribution is -2.38. The van der Waals surface area contributed by atoms with Crippen molar-refractivity contribution in [2.24, 2.45) is 5.92 Å². The zero-order valence-corrected chi connectivity index (χ0v) is 14.4. The van der Waals surface area contributed by atoms with Crippen molar-refractivity contribution in [2.45, 2.75) is 64.5 Å². The van der Waals surface area contributed by atoms with Crippen molar-refractivity contribution in [1.29, 1.82) is 0 Å². The van der Waals surface area contributed by atoms with E-state index in [1.807, 2.05) is 4.90 Å². The molecule has 2 fully saturated rings. The van der Waals surface area contributed by atoms with Crippen molar-refractivity contribution in [3.8, 4) is 0 Å². The number of hydrogen-bond acceptors (Lipinski definition) is 5. The van der Waals surface area contributed by atoms with Gasteiger partial charge in [0, 0.05) is 17.3 Å². The summed E-state index contributed by atoms with van der Waals surface area (Å²) in [6.45, 7) is 2.66. The summed E-state index contributed by atoms with van der Waals surface area (Å²) >= 11 is 1.44. The number of amides is 1. The van der Waals surface area contributed by atoms with E-state index in [0.29, 0.717) is 30.8 Å². The molecule has 3 rings (SSSR count). The molecule has 126 valence electrons. The highest BCUT2D eigenvalue weighted by Crippen LogP contribution is 2.33. The Morgan fingerprint density at radius 2 is 2.00 bits per heavy atom. The largest absolute Gasteiger partial charge is 0.461 e. The fourth-order valence-electron chi connectivity index (χ4n) is 3.19. The minimum Gasteiger partial charge on any atom is -0.461 e. The SMILES string of the molecule is CCOC(=O)c1csc(CN(C(=O)C2CCCCC2)C2CC2)n1. The number of ether oxygens (including phenoxy) is 1. The molecule has 1 amide bonds. The van der Waals surface area contributed by atoms with Crippen LogP contribution in [-0.2, 0) is 16.1 Å². The van der Waals surface area contributed by atoms with Crippen LogP contribution in [0.5, 0.6) is 0 Å². The first-order valence-electron chi connectivity index (χ1n) is 8.61. The Morgan fingerprint density at radius 1 is 1.26 bits per heavy atom. The predicted octanol–water partition coefficient (Wildman–Crippen LogP) is 3.39. The lowest BCUT2D eigenvalue weighted by atomic mass is 9.88. The monoisotopic (exact) mass is 336 g/mol. The fraction of sp³-hybridized carbons (Fsp3) is 0.706. The van der Waals surface area contributed by atoms with E-state index in [2.05, 4.69) is 4.98 Å². The third-order valence-corrected chi connectivity index (χ3v) is 5.40. The van der Waals surface area contributed by atoms with Gasteiger partial charge in [-0.25, -0.2) is 9.78 Å². The first kappa shape index (κ1) is 16.4. The highest BCUT2D eigenvalue weighted by molar-refractivity contribution is 7.09. The molecule has 0 unspecified atom stereocenters. The Balaban J connectivity index is 1.65. The van der Waals surface area contributed by atoms with E-state index in [1.165, 1.54) is 30.6 Å². The van der Waals surface area contributed by atoms with E-state index in [4.69, 9.17) is 4.74 Å². The smallest absolute Gasteiger partial charge is 0.357 e. The number of carbonyl (C=O) groups is 2. The van der Waals surface area contributed by atoms with Crippen LogP contribution in [0.4, 0.5) is 0 Å². The van der Waals surface area contributed by atoms with Gasteiger partial charge in [-0.05, 0) is 32.6 Å². The summed E-state index contributed by atoms with van der Waals surface area (Å²) < 4.78 is 4.97. The standard InChI is InChI=1S/C17H24N2O3S/c1-2-22-17(21)14-11-23-15(18-14)10-19(13-8-9-13)16(20)12-6-4-3-5-7-12/h11-13H,2-10H2,1H3. The third kappa shape index (κ3) is 4.10. The van der Waals surface area contributed by atoms with Crippen molar-refractivity contribution in [3.05, 3.63) is 16.1 Å². The van der Waals surface area contributed by atoms with Crippen LogP contribution in [-0.4, -0.2) is 34.4 Å². The van der Waals surface area contributed by atoms with Crippen LogP contribution >= 0.6 is 11.3 Å². The maximum atomic E-state index is 12.8. The summed E-state index contributed by atoms with van der Waals surface area (Å²) in [4.78, 5) is 30.9. The number of esters is 1. The first-order chi connectivity index (χ1) is 11.2. The normalized spacial score (nSPS) is 18.7. The van der Waals surface area contributed by atoms with Gasteiger partial charge < -0.3 is 9.64 Å². The van der Waals surface area contributed by atoms with Crippen molar-refractivity contribution < 1.29 is 14.3 Å². The minimum atomic E-state index is -0.383. The second-order valence-corrected chi connectivity index (χ2v) is 7.32. The van der Waals surface area contributed by atoms with E-state index >= 15 is 0 Å². The highest BCUT2D eigenvalue weighted by Gasteiger charge is 2.36. The maximum Gasteiger partial charge on any atom is 0.357 e. The molecule has 2 aliphatic carbocycles. The predicted molar refractivity (Wildman–Crippen MR) is 88.2 cm³/mol. The molecule has 0 atom stereocenters. The van der Waals surface area contributed by atoms with Crippen LogP contribution in [0.15, 0.2) is 5.38 Å². The summed E-state index contributed by atoms with van der Waals surface area (Å²) in [7, 11) is 0. The number of hydrogen-bond donors (Lipinski definition) is 0. The second-order valence-electron chi connectivity index (χ2n) is 6.38. The zero-order chi connectivity index (χ0) is 16.2. The molecular weight excluding hydrogens is 312 g/mol. The Kier molecular flexibility index (Phi) is 5.30. The van der Waals surface area contributed by atoms with E-state index in [-0.39, 0.29) is 11.9 Å². The first-order valence-corrected chi connectivity index (χ1v) is 9.49. The van der Waals surface area contributed by atoms with Crippen molar-refractivity contribution >= 4 is 23.2 Å². The summed E-state index contributed by atoms with van der Waals surface area (Å²) in [6.07, 6.45) is 7.81. The van der Waals surface area contributed by atoms with E-state index in [1.54, 1.807) is 12.3 Å². The number of nitrogens with zero attached hydrogens (tertiary/aromatic N) is 2. The van der Waals surface area contributed by atoms with E-state index in [9.17, 15) is 9.59 Å². The van der Waals surface area contributed by atoms with Crippen LogP contribution in [0.1, 0.15) is 67.4 Å². The molecule has 0 aliphatic heterocycles. The maximum absolute atomic E-state index is 12.8. The number of aromatic nitrogens is 1. The topological polar surface area (TPSA) is 59.5 Å². The third-order valence-electron chi connectivity index (χ3n) is 4.57. The number of rotatable bonds is 6. The molecule has 0 bridgehead atoms. The van der Waals surface area contributed by atoms with Gasteiger partial charge in [0.15, 0.2) is 5.69 Å². The van der Waals surface area contributed by atoms with Gasteiger partial charge in [-0.3, -0.25) is 4.79 Å². The van der Waals surface area contributed by atoms with E-state index < -0.39 is 0 Å². The van der Waals surface area contributed by atoms with Crippen LogP contribution in [0.25, 0.3) is 0 Å². The van der Waals surface area contributed by atoms with Crippen molar-refractivity contribution in [3.63, 3.8) is 0 Å². The molecule has 6 heteroatoms. The molecule has 23 heavy (non-hydrogen) atoms. The van der Waals surface area contributed by atoms with Crippen LogP contribution in [0.3, 0.4) is 0 Å². The second kappa shape index (κ2) is 7.43. The highest BCUT2D eigenvalue weighted by atomic mass is 32.1. The lowest BCUT2D eigenvalue weighted by Gasteiger charge is -2.28. The molecule has 1 heterocycles. The summed E-state index contributed by atoms with van der Waals surface area (Å²) in [5, 5.41) is 2.55. The molecule has 2 aliphatic rings. The molecule has 0 aromatic carbocycles. The Morgan fingerprint density at radius 3 is 2.65 bits per heavy atom. The number of thiazole rings is 1. The number of carbonyl (C=O) groups excluding carboxylic acids is 2. The molecule has 1 aromatic heterocycles. The molecule has 0 saturated heterocycles. The van der Waals surface area contributed by atoms with Gasteiger partial charge in [0.05, 0.1) is 13.2 Å².